The van der Waals surface area contributed by atoms with Gasteiger partial charge < -0.3 is 15.2 Å². The fraction of sp³-hybridized carbons (Fsp3) is 0.400. The van der Waals surface area contributed by atoms with Gasteiger partial charge in [-0.25, -0.2) is 0 Å². The fourth-order valence-corrected chi connectivity index (χ4v) is 2.19. The van der Waals surface area contributed by atoms with Gasteiger partial charge in [-0.1, -0.05) is 11.6 Å². The minimum absolute atomic E-state index is 0.0290. The van der Waals surface area contributed by atoms with E-state index in [0.29, 0.717) is 17.0 Å². The number of halogens is 1. The first kappa shape index (κ1) is 14.9. The summed E-state index contributed by atoms with van der Waals surface area (Å²) in [6.45, 7) is 4.00. The molecule has 0 atom stereocenters. The number of hydrogen-bond donors (Lipinski definition) is 2. The van der Waals surface area contributed by atoms with E-state index in [4.69, 9.17) is 21.4 Å². The second-order valence-corrected chi connectivity index (χ2v) is 5.89. The van der Waals surface area contributed by atoms with Gasteiger partial charge in [0, 0.05) is 22.7 Å². The smallest absolute Gasteiger partial charge is 0.251 e. The van der Waals surface area contributed by atoms with Crippen LogP contribution < -0.4 is 10.1 Å². The average Bonchev–Trinajstić information content (AvgIpc) is 2.37. The Labute approximate surface area is 123 Å². The Balaban J connectivity index is 2.16. The number of hydrogen-bond acceptors (Lipinski definition) is 3. The molecule has 1 aromatic carbocycles. The minimum atomic E-state index is -0.457. The summed E-state index contributed by atoms with van der Waals surface area (Å²) in [5, 5.41) is 12.5. The summed E-state index contributed by atoms with van der Waals surface area (Å²) in [5.74, 6) is 0.537. The van der Waals surface area contributed by atoms with Gasteiger partial charge in [0.2, 0.25) is 0 Å². The minimum Gasteiger partial charge on any atom is -0.488 e. The third-order valence-electron chi connectivity index (χ3n) is 3.17. The average molecular weight is 296 g/mol. The number of carbonyl (C=O) groups is 1. The lowest BCUT2D eigenvalue weighted by atomic mass is 9.99. The maximum atomic E-state index is 12.2. The molecule has 0 saturated heterocycles. The zero-order chi connectivity index (χ0) is 14.8. The molecule has 2 rings (SSSR count). The van der Waals surface area contributed by atoms with Crippen molar-refractivity contribution in [2.45, 2.75) is 25.8 Å². The van der Waals surface area contributed by atoms with E-state index in [9.17, 15) is 4.79 Å². The summed E-state index contributed by atoms with van der Waals surface area (Å²) < 4.78 is 5.55. The van der Waals surface area contributed by atoms with E-state index in [2.05, 4.69) is 5.32 Å². The van der Waals surface area contributed by atoms with Crippen LogP contribution in [0, 0.1) is 0 Å². The van der Waals surface area contributed by atoms with Crippen LogP contribution in [0.2, 0.25) is 5.02 Å². The van der Waals surface area contributed by atoms with E-state index < -0.39 is 5.54 Å². The van der Waals surface area contributed by atoms with Crippen molar-refractivity contribution in [1.29, 1.82) is 0 Å². The van der Waals surface area contributed by atoms with E-state index in [-0.39, 0.29) is 19.1 Å². The van der Waals surface area contributed by atoms with Crippen LogP contribution in [-0.4, -0.2) is 29.8 Å². The molecule has 1 amide bonds. The maximum absolute atomic E-state index is 12.2. The van der Waals surface area contributed by atoms with Gasteiger partial charge in [-0.3, -0.25) is 4.79 Å². The molecule has 0 aliphatic carbocycles. The summed E-state index contributed by atoms with van der Waals surface area (Å²) in [7, 11) is 0. The molecule has 108 valence electrons. The first-order valence-corrected chi connectivity index (χ1v) is 6.85. The number of ether oxygens (including phenoxy) is 1. The first-order chi connectivity index (χ1) is 9.41. The number of benzene rings is 1. The highest BCUT2D eigenvalue weighted by atomic mass is 35.5. The van der Waals surface area contributed by atoms with Crippen LogP contribution in [-0.2, 0) is 4.79 Å². The molecule has 1 aromatic rings. The number of fused-ring (bicyclic) bond motifs is 1. The summed E-state index contributed by atoms with van der Waals surface area (Å²) in [5.41, 5.74) is 0.890. The van der Waals surface area contributed by atoms with Crippen molar-refractivity contribution in [3.8, 4) is 5.75 Å². The molecule has 0 saturated carbocycles. The van der Waals surface area contributed by atoms with Crippen molar-refractivity contribution >= 4 is 23.6 Å². The highest BCUT2D eigenvalue weighted by Crippen LogP contribution is 2.29. The van der Waals surface area contributed by atoms with E-state index in [0.717, 1.165) is 11.3 Å². The zero-order valence-electron chi connectivity index (χ0n) is 11.6. The van der Waals surface area contributed by atoms with Crippen LogP contribution in [0.4, 0.5) is 0 Å². The van der Waals surface area contributed by atoms with Crippen molar-refractivity contribution < 1.29 is 14.6 Å². The highest BCUT2D eigenvalue weighted by Gasteiger charge is 2.24. The number of amides is 1. The summed E-state index contributed by atoms with van der Waals surface area (Å²) in [4.78, 5) is 12.2. The second kappa shape index (κ2) is 5.85. The van der Waals surface area contributed by atoms with Crippen LogP contribution in [0.3, 0.4) is 0 Å². The van der Waals surface area contributed by atoms with Gasteiger partial charge in [0.05, 0.1) is 5.57 Å². The Morgan fingerprint density at radius 3 is 2.95 bits per heavy atom. The van der Waals surface area contributed by atoms with Gasteiger partial charge in [0.15, 0.2) is 0 Å². The SMILES string of the molecule is CC(C)(CCO)NC(=O)C1=Cc2cc(Cl)ccc2OC1. The van der Waals surface area contributed by atoms with Gasteiger partial charge in [-0.05, 0) is 44.5 Å². The molecular formula is C15H18ClNO3. The summed E-state index contributed by atoms with van der Waals surface area (Å²) in [6.07, 6.45) is 2.28. The van der Waals surface area contributed by atoms with E-state index >= 15 is 0 Å². The number of rotatable bonds is 4. The van der Waals surface area contributed by atoms with Crippen molar-refractivity contribution in [1.82, 2.24) is 5.32 Å². The van der Waals surface area contributed by atoms with Crippen LogP contribution in [0.15, 0.2) is 23.8 Å². The molecule has 0 bridgehead atoms. The molecular weight excluding hydrogens is 278 g/mol. The zero-order valence-corrected chi connectivity index (χ0v) is 12.3. The maximum Gasteiger partial charge on any atom is 0.251 e. The van der Waals surface area contributed by atoms with Crippen molar-refractivity contribution in [2.75, 3.05) is 13.2 Å². The third-order valence-corrected chi connectivity index (χ3v) is 3.40. The normalized spacial score (nSPS) is 14.1. The number of aliphatic hydroxyl groups is 1. The van der Waals surface area contributed by atoms with Gasteiger partial charge >= 0.3 is 0 Å². The van der Waals surface area contributed by atoms with Crippen molar-refractivity contribution in [3.05, 3.63) is 34.4 Å². The predicted molar refractivity (Wildman–Crippen MR) is 78.8 cm³/mol. The molecule has 1 heterocycles. The largest absolute Gasteiger partial charge is 0.488 e. The number of nitrogens with one attached hydrogen (secondary N) is 1. The van der Waals surface area contributed by atoms with Crippen molar-refractivity contribution in [2.24, 2.45) is 0 Å². The molecule has 1 aliphatic rings. The lowest BCUT2D eigenvalue weighted by molar-refractivity contribution is -0.119. The molecule has 5 heteroatoms. The Kier molecular flexibility index (Phi) is 4.35. The number of carbonyl (C=O) groups excluding carboxylic acids is 1. The molecule has 0 fully saturated rings. The topological polar surface area (TPSA) is 58.6 Å². The molecule has 0 aromatic heterocycles. The molecule has 0 radical (unpaired) electrons. The lowest BCUT2D eigenvalue weighted by Gasteiger charge is -2.27. The molecule has 2 N–H and O–H groups in total. The first-order valence-electron chi connectivity index (χ1n) is 6.47. The van der Waals surface area contributed by atoms with Crippen LogP contribution in [0.25, 0.3) is 6.08 Å². The Morgan fingerprint density at radius 2 is 2.25 bits per heavy atom. The van der Waals surface area contributed by atoms with Crippen LogP contribution in [0.5, 0.6) is 5.75 Å². The third kappa shape index (κ3) is 3.52. The molecule has 1 aliphatic heterocycles. The summed E-state index contributed by atoms with van der Waals surface area (Å²) in [6, 6.07) is 5.31. The van der Waals surface area contributed by atoms with E-state index in [1.165, 1.54) is 0 Å². The monoisotopic (exact) mass is 295 g/mol. The molecule has 0 spiro atoms. The molecule has 4 nitrogen and oxygen atoms in total. The summed E-state index contributed by atoms with van der Waals surface area (Å²) >= 11 is 5.94. The number of aliphatic hydroxyl groups excluding tert-OH is 1. The quantitative estimate of drug-likeness (QED) is 0.897. The Bertz CT molecular complexity index is 552. The van der Waals surface area contributed by atoms with E-state index in [1.807, 2.05) is 13.8 Å². The van der Waals surface area contributed by atoms with Crippen LogP contribution in [0.1, 0.15) is 25.8 Å². The molecule has 20 heavy (non-hydrogen) atoms. The Morgan fingerprint density at radius 1 is 1.50 bits per heavy atom. The second-order valence-electron chi connectivity index (χ2n) is 5.45. The van der Waals surface area contributed by atoms with Crippen molar-refractivity contribution in [3.63, 3.8) is 0 Å². The van der Waals surface area contributed by atoms with Gasteiger partial charge in [0.25, 0.3) is 5.91 Å². The van der Waals surface area contributed by atoms with E-state index in [1.54, 1.807) is 24.3 Å². The lowest BCUT2D eigenvalue weighted by Crippen LogP contribution is -2.45. The van der Waals surface area contributed by atoms with Gasteiger partial charge in [-0.2, -0.15) is 0 Å². The standard InChI is InChI=1S/C15H18ClNO3/c1-15(2,5-6-18)17-14(19)11-7-10-8-12(16)3-4-13(10)20-9-11/h3-4,7-8,18H,5-6,9H2,1-2H3,(H,17,19). The highest BCUT2D eigenvalue weighted by molar-refractivity contribution is 6.30. The Hall–Kier alpha value is -1.52. The van der Waals surface area contributed by atoms with Gasteiger partial charge in [0.1, 0.15) is 12.4 Å². The van der Waals surface area contributed by atoms with Crippen LogP contribution >= 0.6 is 11.6 Å². The predicted octanol–water partition coefficient (Wildman–Crippen LogP) is 2.39. The molecule has 0 unspecified atom stereocenters. The van der Waals surface area contributed by atoms with Gasteiger partial charge in [-0.15, -0.1) is 0 Å². The fourth-order valence-electron chi connectivity index (χ4n) is 2.01.